The first-order chi connectivity index (χ1) is 9.63. The van der Waals surface area contributed by atoms with Gasteiger partial charge in [-0.2, -0.15) is 0 Å². The van der Waals surface area contributed by atoms with Gasteiger partial charge in [-0.3, -0.25) is 4.79 Å². The zero-order valence-corrected chi connectivity index (χ0v) is 11.7. The molecule has 0 fully saturated rings. The molecule has 4 heteroatoms. The molecule has 1 N–H and O–H groups in total. The molecule has 1 aliphatic heterocycles. The fourth-order valence-corrected chi connectivity index (χ4v) is 2.59. The zero-order chi connectivity index (χ0) is 14.1. The van der Waals surface area contributed by atoms with E-state index < -0.39 is 0 Å². The van der Waals surface area contributed by atoms with E-state index in [9.17, 15) is 4.79 Å². The Bertz CT molecular complexity index is 608. The van der Waals surface area contributed by atoms with Crippen LogP contribution in [0.2, 0.25) is 0 Å². The lowest BCUT2D eigenvalue weighted by Gasteiger charge is -2.20. The topological polar surface area (TPSA) is 45.5 Å². The first kappa shape index (κ1) is 12.8. The summed E-state index contributed by atoms with van der Waals surface area (Å²) in [4.78, 5) is 14.2. The Morgan fingerprint density at radius 3 is 2.85 bits per heavy atom. The van der Waals surface area contributed by atoms with Crippen molar-refractivity contribution in [2.24, 2.45) is 0 Å². The minimum Gasteiger partial charge on any atom is -0.464 e. The Labute approximate surface area is 118 Å². The number of carbonyl (C=O) groups excluding carboxylic acids is 1. The van der Waals surface area contributed by atoms with Gasteiger partial charge in [0, 0.05) is 19.2 Å². The van der Waals surface area contributed by atoms with E-state index in [0.29, 0.717) is 6.54 Å². The predicted molar refractivity (Wildman–Crippen MR) is 77.5 cm³/mol. The van der Waals surface area contributed by atoms with Crippen LogP contribution in [0, 0.1) is 6.92 Å². The van der Waals surface area contributed by atoms with E-state index in [-0.39, 0.29) is 11.9 Å². The van der Waals surface area contributed by atoms with E-state index in [1.165, 1.54) is 5.56 Å². The number of likely N-dealkylation sites (N-methyl/N-ethyl adjacent to an activating group) is 1. The van der Waals surface area contributed by atoms with Crippen molar-refractivity contribution in [1.82, 2.24) is 4.90 Å². The molecule has 1 aromatic heterocycles. The first-order valence-electron chi connectivity index (χ1n) is 6.78. The van der Waals surface area contributed by atoms with Gasteiger partial charge in [0.05, 0.1) is 6.54 Å². The van der Waals surface area contributed by atoms with Crippen molar-refractivity contribution in [2.45, 2.75) is 25.9 Å². The number of hydrogen-bond donors (Lipinski definition) is 1. The maximum absolute atomic E-state index is 12.4. The van der Waals surface area contributed by atoms with Gasteiger partial charge in [0.15, 0.2) is 0 Å². The molecule has 3 rings (SSSR count). The van der Waals surface area contributed by atoms with Gasteiger partial charge in [-0.1, -0.05) is 18.2 Å². The average molecular weight is 270 g/mol. The van der Waals surface area contributed by atoms with E-state index in [1.807, 2.05) is 44.3 Å². The molecule has 0 radical (unpaired) electrons. The number of carbonyl (C=O) groups is 1. The highest BCUT2D eigenvalue weighted by molar-refractivity contribution is 5.87. The van der Waals surface area contributed by atoms with Crippen LogP contribution in [0.15, 0.2) is 40.8 Å². The van der Waals surface area contributed by atoms with Crippen molar-refractivity contribution in [3.8, 4) is 0 Å². The molecule has 1 aliphatic rings. The van der Waals surface area contributed by atoms with Gasteiger partial charge < -0.3 is 14.6 Å². The minimum absolute atomic E-state index is 0.0928. The number of nitrogens with one attached hydrogen (secondary N) is 1. The fourth-order valence-electron chi connectivity index (χ4n) is 2.59. The lowest BCUT2D eigenvalue weighted by molar-refractivity contribution is -0.131. The van der Waals surface area contributed by atoms with Crippen LogP contribution >= 0.6 is 0 Å². The van der Waals surface area contributed by atoms with Gasteiger partial charge in [-0.25, -0.2) is 0 Å². The van der Waals surface area contributed by atoms with Crippen molar-refractivity contribution < 1.29 is 9.21 Å². The van der Waals surface area contributed by atoms with Crippen LogP contribution in [0.1, 0.15) is 17.1 Å². The van der Waals surface area contributed by atoms with Crippen LogP contribution < -0.4 is 5.32 Å². The highest BCUT2D eigenvalue weighted by atomic mass is 16.3. The van der Waals surface area contributed by atoms with Crippen LogP contribution in [0.25, 0.3) is 0 Å². The van der Waals surface area contributed by atoms with Gasteiger partial charge in [0.1, 0.15) is 17.6 Å². The maximum Gasteiger partial charge on any atom is 0.245 e. The molecule has 4 nitrogen and oxygen atoms in total. The second-order valence-corrected chi connectivity index (χ2v) is 5.26. The number of benzene rings is 1. The number of para-hydroxylation sites is 1. The van der Waals surface area contributed by atoms with Crippen LogP contribution in [-0.4, -0.2) is 23.9 Å². The quantitative estimate of drug-likeness (QED) is 0.932. The van der Waals surface area contributed by atoms with Gasteiger partial charge >= 0.3 is 0 Å². The Hall–Kier alpha value is -2.23. The van der Waals surface area contributed by atoms with Crippen molar-refractivity contribution in [2.75, 3.05) is 12.4 Å². The lowest BCUT2D eigenvalue weighted by Crippen LogP contribution is -2.39. The molecule has 1 atom stereocenters. The number of furan rings is 1. The summed E-state index contributed by atoms with van der Waals surface area (Å²) in [6.45, 7) is 2.40. The van der Waals surface area contributed by atoms with E-state index in [2.05, 4.69) is 11.4 Å². The molecule has 2 aromatic rings. The van der Waals surface area contributed by atoms with Crippen LogP contribution in [0.5, 0.6) is 0 Å². The van der Waals surface area contributed by atoms with Gasteiger partial charge in [-0.05, 0) is 30.7 Å². The van der Waals surface area contributed by atoms with Gasteiger partial charge in [-0.15, -0.1) is 0 Å². The summed E-state index contributed by atoms with van der Waals surface area (Å²) < 4.78 is 5.51. The second-order valence-electron chi connectivity index (χ2n) is 5.26. The molecule has 0 bridgehead atoms. The summed E-state index contributed by atoms with van der Waals surface area (Å²) in [5.74, 6) is 1.77. The number of fused-ring (bicyclic) bond motifs is 1. The Morgan fingerprint density at radius 2 is 2.15 bits per heavy atom. The Kier molecular flexibility index (Phi) is 3.22. The molecule has 0 spiro atoms. The number of aryl methyl sites for hydroxylation is 1. The predicted octanol–water partition coefficient (Wildman–Crippen LogP) is 2.58. The molecule has 1 amide bonds. The molecule has 20 heavy (non-hydrogen) atoms. The average Bonchev–Trinajstić information content (AvgIpc) is 3.03. The molecular formula is C16H18N2O2. The lowest BCUT2D eigenvalue weighted by atomic mass is 10.1. The second kappa shape index (κ2) is 5.04. The summed E-state index contributed by atoms with van der Waals surface area (Å²) in [5, 5.41) is 3.28. The minimum atomic E-state index is -0.173. The monoisotopic (exact) mass is 270 g/mol. The normalized spacial score (nSPS) is 16.6. The molecule has 104 valence electrons. The number of anilines is 1. The third-order valence-electron chi connectivity index (χ3n) is 3.63. The number of amides is 1. The SMILES string of the molecule is Cc1ccc(CN(C)C(=O)C2Cc3ccccc3N2)o1. The highest BCUT2D eigenvalue weighted by Crippen LogP contribution is 2.26. The van der Waals surface area contributed by atoms with E-state index in [0.717, 1.165) is 23.6 Å². The fraction of sp³-hybridized carbons (Fsp3) is 0.312. The molecular weight excluding hydrogens is 252 g/mol. The van der Waals surface area contributed by atoms with Crippen molar-refractivity contribution in [3.63, 3.8) is 0 Å². The standard InChI is InChI=1S/C16H18N2O2/c1-11-7-8-13(20-11)10-18(2)16(19)15-9-12-5-3-4-6-14(12)17-15/h3-8,15,17H,9-10H2,1-2H3. The number of rotatable bonds is 3. The third kappa shape index (κ3) is 2.41. The van der Waals surface area contributed by atoms with Gasteiger partial charge in [0.25, 0.3) is 0 Å². The summed E-state index contributed by atoms with van der Waals surface area (Å²) in [6.07, 6.45) is 0.747. The van der Waals surface area contributed by atoms with E-state index in [1.54, 1.807) is 4.90 Å². The van der Waals surface area contributed by atoms with Crippen molar-refractivity contribution in [1.29, 1.82) is 0 Å². The number of nitrogens with zero attached hydrogens (tertiary/aromatic N) is 1. The van der Waals surface area contributed by atoms with E-state index in [4.69, 9.17) is 4.42 Å². The van der Waals surface area contributed by atoms with Crippen LogP contribution in [0.3, 0.4) is 0 Å². The van der Waals surface area contributed by atoms with E-state index >= 15 is 0 Å². The zero-order valence-electron chi connectivity index (χ0n) is 11.7. The Morgan fingerprint density at radius 1 is 1.35 bits per heavy atom. The summed E-state index contributed by atoms with van der Waals surface area (Å²) in [7, 11) is 1.81. The molecule has 0 aliphatic carbocycles. The van der Waals surface area contributed by atoms with Crippen LogP contribution in [-0.2, 0) is 17.8 Å². The molecule has 0 saturated carbocycles. The highest BCUT2D eigenvalue weighted by Gasteiger charge is 2.28. The summed E-state index contributed by atoms with van der Waals surface area (Å²) in [6, 6.07) is 11.7. The molecule has 0 saturated heterocycles. The molecule has 1 aromatic carbocycles. The van der Waals surface area contributed by atoms with Crippen molar-refractivity contribution >= 4 is 11.6 Å². The largest absolute Gasteiger partial charge is 0.464 e. The maximum atomic E-state index is 12.4. The molecule has 2 heterocycles. The Balaban J connectivity index is 1.65. The van der Waals surface area contributed by atoms with Gasteiger partial charge in [0.2, 0.25) is 5.91 Å². The van der Waals surface area contributed by atoms with Crippen molar-refractivity contribution in [3.05, 3.63) is 53.5 Å². The first-order valence-corrected chi connectivity index (χ1v) is 6.78. The third-order valence-corrected chi connectivity index (χ3v) is 3.63. The number of hydrogen-bond acceptors (Lipinski definition) is 3. The smallest absolute Gasteiger partial charge is 0.245 e. The molecule has 1 unspecified atom stereocenters. The van der Waals surface area contributed by atoms with Crippen LogP contribution in [0.4, 0.5) is 5.69 Å². The summed E-state index contributed by atoms with van der Waals surface area (Å²) >= 11 is 0. The summed E-state index contributed by atoms with van der Waals surface area (Å²) in [5.41, 5.74) is 2.26.